The van der Waals surface area contributed by atoms with Crippen molar-refractivity contribution in [3.8, 4) is 11.3 Å². The first-order chi connectivity index (χ1) is 6.81. The summed E-state index contributed by atoms with van der Waals surface area (Å²) in [5.41, 5.74) is 2.29. The van der Waals surface area contributed by atoms with E-state index in [0.717, 1.165) is 11.3 Å². The summed E-state index contributed by atoms with van der Waals surface area (Å²) in [4.78, 5) is 0. The Kier molecular flexibility index (Phi) is 2.63. The van der Waals surface area contributed by atoms with Gasteiger partial charge >= 0.3 is 0 Å². The van der Waals surface area contributed by atoms with Crippen LogP contribution in [0.25, 0.3) is 11.3 Å². The van der Waals surface area contributed by atoms with Gasteiger partial charge < -0.3 is 0 Å². The zero-order chi connectivity index (χ0) is 9.97. The fourth-order valence-corrected chi connectivity index (χ4v) is 1.69. The van der Waals surface area contributed by atoms with Crippen molar-refractivity contribution in [2.24, 2.45) is 0 Å². The van der Waals surface area contributed by atoms with Gasteiger partial charge in [-0.05, 0) is 17.7 Å². The lowest BCUT2D eigenvalue weighted by molar-refractivity contribution is 0.618. The third kappa shape index (κ3) is 1.70. The summed E-state index contributed by atoms with van der Waals surface area (Å²) < 4.78 is 13.4. The number of aromatic nitrogens is 2. The second kappa shape index (κ2) is 3.92. The SMILES string of the molecule is Fc1cc(-c2ccn[nH]2)ccc1CBr. The first-order valence-corrected chi connectivity index (χ1v) is 5.27. The Balaban J connectivity index is 2.43. The molecular formula is C10H8BrFN2. The van der Waals surface area contributed by atoms with Gasteiger partial charge in [0.25, 0.3) is 0 Å². The highest BCUT2D eigenvalue weighted by atomic mass is 79.9. The molecule has 0 atom stereocenters. The van der Waals surface area contributed by atoms with Crippen molar-refractivity contribution in [1.29, 1.82) is 0 Å². The van der Waals surface area contributed by atoms with Crippen LogP contribution in [0.2, 0.25) is 0 Å². The van der Waals surface area contributed by atoms with E-state index in [2.05, 4.69) is 26.1 Å². The van der Waals surface area contributed by atoms with Gasteiger partial charge in [-0.1, -0.05) is 28.1 Å². The number of aromatic amines is 1. The van der Waals surface area contributed by atoms with Gasteiger partial charge in [0, 0.05) is 17.1 Å². The maximum atomic E-state index is 13.4. The molecule has 72 valence electrons. The van der Waals surface area contributed by atoms with Crippen molar-refractivity contribution in [2.45, 2.75) is 5.33 Å². The molecule has 0 spiro atoms. The maximum absolute atomic E-state index is 13.4. The van der Waals surface area contributed by atoms with Gasteiger partial charge in [-0.15, -0.1) is 0 Å². The van der Waals surface area contributed by atoms with Crippen LogP contribution in [0.3, 0.4) is 0 Å². The summed E-state index contributed by atoms with van der Waals surface area (Å²) in [6, 6.07) is 6.94. The fraction of sp³-hybridized carbons (Fsp3) is 0.100. The van der Waals surface area contributed by atoms with E-state index in [4.69, 9.17) is 0 Å². The van der Waals surface area contributed by atoms with E-state index in [0.29, 0.717) is 10.9 Å². The van der Waals surface area contributed by atoms with Gasteiger partial charge in [-0.25, -0.2) is 4.39 Å². The van der Waals surface area contributed by atoms with Gasteiger partial charge in [0.15, 0.2) is 0 Å². The number of rotatable bonds is 2. The monoisotopic (exact) mass is 254 g/mol. The van der Waals surface area contributed by atoms with E-state index in [1.807, 2.05) is 12.1 Å². The summed E-state index contributed by atoms with van der Waals surface area (Å²) in [6.07, 6.45) is 1.64. The summed E-state index contributed by atoms with van der Waals surface area (Å²) in [7, 11) is 0. The molecule has 0 bridgehead atoms. The number of hydrogen-bond acceptors (Lipinski definition) is 1. The zero-order valence-corrected chi connectivity index (χ0v) is 8.88. The summed E-state index contributed by atoms with van der Waals surface area (Å²) in [5, 5.41) is 7.13. The lowest BCUT2D eigenvalue weighted by atomic mass is 10.1. The van der Waals surface area contributed by atoms with Gasteiger partial charge in [0.05, 0.1) is 5.69 Å². The van der Waals surface area contributed by atoms with E-state index in [-0.39, 0.29) is 5.82 Å². The van der Waals surface area contributed by atoms with Crippen LogP contribution >= 0.6 is 15.9 Å². The van der Waals surface area contributed by atoms with Crippen LogP contribution in [0, 0.1) is 5.82 Å². The van der Waals surface area contributed by atoms with Gasteiger partial charge in [-0.3, -0.25) is 5.10 Å². The Morgan fingerprint density at radius 2 is 2.21 bits per heavy atom. The highest BCUT2D eigenvalue weighted by Crippen LogP contribution is 2.20. The predicted molar refractivity (Wildman–Crippen MR) is 56.6 cm³/mol. The molecule has 0 fully saturated rings. The molecule has 2 aromatic rings. The third-order valence-electron chi connectivity index (χ3n) is 2.01. The van der Waals surface area contributed by atoms with Crippen LogP contribution in [0.4, 0.5) is 4.39 Å². The standard InChI is InChI=1S/C10H8BrFN2/c11-6-8-2-1-7(5-9(8)12)10-3-4-13-14-10/h1-5H,6H2,(H,13,14). The van der Waals surface area contributed by atoms with Crippen molar-refractivity contribution in [3.63, 3.8) is 0 Å². The molecule has 1 N–H and O–H groups in total. The van der Waals surface area contributed by atoms with Gasteiger partial charge in [0.2, 0.25) is 0 Å². The minimum atomic E-state index is -0.200. The Labute approximate surface area is 89.3 Å². The molecule has 0 unspecified atom stereocenters. The van der Waals surface area contributed by atoms with Crippen LogP contribution in [-0.4, -0.2) is 10.2 Å². The molecule has 0 saturated heterocycles. The lowest BCUT2D eigenvalue weighted by Crippen LogP contribution is -1.87. The number of H-pyrrole nitrogens is 1. The third-order valence-corrected chi connectivity index (χ3v) is 2.61. The Morgan fingerprint density at radius 3 is 2.79 bits per heavy atom. The topological polar surface area (TPSA) is 28.7 Å². The van der Waals surface area contributed by atoms with Crippen LogP contribution < -0.4 is 0 Å². The average molecular weight is 255 g/mol. The fourth-order valence-electron chi connectivity index (χ4n) is 1.24. The van der Waals surface area contributed by atoms with Crippen LogP contribution in [0.15, 0.2) is 30.5 Å². The van der Waals surface area contributed by atoms with Crippen molar-refractivity contribution in [2.75, 3.05) is 0 Å². The van der Waals surface area contributed by atoms with Crippen molar-refractivity contribution < 1.29 is 4.39 Å². The zero-order valence-electron chi connectivity index (χ0n) is 7.30. The second-order valence-corrected chi connectivity index (χ2v) is 3.47. The molecule has 1 heterocycles. The number of nitrogens with one attached hydrogen (secondary N) is 1. The second-order valence-electron chi connectivity index (χ2n) is 2.91. The highest BCUT2D eigenvalue weighted by Gasteiger charge is 2.04. The van der Waals surface area contributed by atoms with Gasteiger partial charge in [-0.2, -0.15) is 5.10 Å². The lowest BCUT2D eigenvalue weighted by Gasteiger charge is -2.01. The summed E-state index contributed by atoms with van der Waals surface area (Å²) in [6.45, 7) is 0. The Bertz CT molecular complexity index is 426. The van der Waals surface area contributed by atoms with E-state index in [9.17, 15) is 4.39 Å². The Hall–Kier alpha value is -1.16. The minimum absolute atomic E-state index is 0.200. The molecule has 4 heteroatoms. The van der Waals surface area contributed by atoms with Crippen LogP contribution in [0.1, 0.15) is 5.56 Å². The van der Waals surface area contributed by atoms with E-state index >= 15 is 0 Å². The molecule has 1 aromatic heterocycles. The smallest absolute Gasteiger partial charge is 0.127 e. The van der Waals surface area contributed by atoms with E-state index < -0.39 is 0 Å². The molecule has 2 nitrogen and oxygen atoms in total. The molecule has 0 aliphatic rings. The normalized spacial score (nSPS) is 10.4. The summed E-state index contributed by atoms with van der Waals surface area (Å²) >= 11 is 3.22. The number of alkyl halides is 1. The van der Waals surface area contributed by atoms with E-state index in [1.165, 1.54) is 6.07 Å². The number of halogens is 2. The molecule has 14 heavy (non-hydrogen) atoms. The van der Waals surface area contributed by atoms with Crippen molar-refractivity contribution in [1.82, 2.24) is 10.2 Å². The highest BCUT2D eigenvalue weighted by molar-refractivity contribution is 9.08. The largest absolute Gasteiger partial charge is 0.278 e. The van der Waals surface area contributed by atoms with Crippen LogP contribution in [0.5, 0.6) is 0 Å². The van der Waals surface area contributed by atoms with Crippen LogP contribution in [-0.2, 0) is 5.33 Å². The first-order valence-electron chi connectivity index (χ1n) is 4.15. The quantitative estimate of drug-likeness (QED) is 0.820. The van der Waals surface area contributed by atoms with Gasteiger partial charge in [0.1, 0.15) is 5.82 Å². The van der Waals surface area contributed by atoms with Crippen molar-refractivity contribution >= 4 is 15.9 Å². The molecule has 0 aliphatic carbocycles. The average Bonchev–Trinajstić information content (AvgIpc) is 2.70. The number of nitrogens with zero attached hydrogens (tertiary/aromatic N) is 1. The predicted octanol–water partition coefficient (Wildman–Crippen LogP) is 3.11. The number of hydrogen-bond donors (Lipinski definition) is 1. The molecule has 2 rings (SSSR count). The molecule has 0 amide bonds. The van der Waals surface area contributed by atoms with Crippen molar-refractivity contribution in [3.05, 3.63) is 41.8 Å². The summed E-state index contributed by atoms with van der Waals surface area (Å²) in [5.74, 6) is -0.200. The molecule has 0 aliphatic heterocycles. The molecule has 0 radical (unpaired) electrons. The molecule has 1 aromatic carbocycles. The van der Waals surface area contributed by atoms with E-state index in [1.54, 1.807) is 12.3 Å². The number of benzene rings is 1. The minimum Gasteiger partial charge on any atom is -0.278 e. The first kappa shape index (κ1) is 9.40. The Morgan fingerprint density at radius 1 is 1.36 bits per heavy atom. The molecule has 0 saturated carbocycles. The maximum Gasteiger partial charge on any atom is 0.127 e. The molecular weight excluding hydrogens is 247 g/mol.